The second-order valence-electron chi connectivity index (χ2n) is 4.42. The molecule has 0 saturated carbocycles. The number of nitrogens with one attached hydrogen (secondary N) is 1. The highest BCUT2D eigenvalue weighted by Crippen LogP contribution is 2.27. The first kappa shape index (κ1) is 13.0. The van der Waals surface area contributed by atoms with Crippen LogP contribution in [0.1, 0.15) is 11.1 Å². The summed E-state index contributed by atoms with van der Waals surface area (Å²) in [4.78, 5) is 14.9. The molecule has 1 aromatic heterocycles. The van der Waals surface area contributed by atoms with E-state index in [1.807, 2.05) is 32.0 Å². The number of pyridine rings is 1. The van der Waals surface area contributed by atoms with Gasteiger partial charge in [-0.15, -0.1) is 0 Å². The molecular weight excluding hydrogens is 242 g/mol. The summed E-state index contributed by atoms with van der Waals surface area (Å²) in [5.74, 6) is 0.490. The predicted octanol–water partition coefficient (Wildman–Crippen LogP) is 3.32. The normalized spacial score (nSPS) is 10.3. The van der Waals surface area contributed by atoms with Crippen molar-refractivity contribution in [3.05, 3.63) is 51.6 Å². The third kappa shape index (κ3) is 2.70. The summed E-state index contributed by atoms with van der Waals surface area (Å²) in [6, 6.07) is 8.87. The van der Waals surface area contributed by atoms with Gasteiger partial charge in [-0.1, -0.05) is 23.8 Å². The van der Waals surface area contributed by atoms with Crippen molar-refractivity contribution >= 4 is 11.5 Å². The van der Waals surface area contributed by atoms with Gasteiger partial charge in [0.05, 0.1) is 16.7 Å². The van der Waals surface area contributed by atoms with Crippen LogP contribution < -0.4 is 5.32 Å². The molecule has 0 spiro atoms. The van der Waals surface area contributed by atoms with Crippen molar-refractivity contribution in [1.29, 1.82) is 0 Å². The largest absolute Gasteiger partial charge is 0.373 e. The molecule has 0 fully saturated rings. The zero-order valence-corrected chi connectivity index (χ0v) is 11.1. The topological polar surface area (TPSA) is 68.1 Å². The molecule has 0 unspecified atom stereocenters. The first-order chi connectivity index (χ1) is 9.01. The number of nitro groups is 1. The van der Waals surface area contributed by atoms with Crippen LogP contribution in [-0.4, -0.2) is 17.0 Å². The molecule has 5 nitrogen and oxygen atoms in total. The molecule has 1 heterocycles. The molecule has 0 aliphatic heterocycles. The van der Waals surface area contributed by atoms with Gasteiger partial charge in [-0.05, 0) is 19.4 Å². The van der Waals surface area contributed by atoms with Gasteiger partial charge in [0.1, 0.15) is 5.82 Å². The minimum Gasteiger partial charge on any atom is -0.373 e. The first-order valence-corrected chi connectivity index (χ1v) is 5.93. The average molecular weight is 257 g/mol. The zero-order chi connectivity index (χ0) is 14.0. The van der Waals surface area contributed by atoms with Gasteiger partial charge in [0.2, 0.25) is 0 Å². The lowest BCUT2D eigenvalue weighted by molar-refractivity contribution is -0.384. The highest BCUT2D eigenvalue weighted by Gasteiger charge is 2.13. The predicted molar refractivity (Wildman–Crippen MR) is 75.3 cm³/mol. The molecule has 0 aliphatic carbocycles. The first-order valence-electron chi connectivity index (χ1n) is 5.93. The van der Waals surface area contributed by atoms with Crippen LogP contribution in [0.25, 0.3) is 11.3 Å². The lowest BCUT2D eigenvalue weighted by atomic mass is 10.0. The van der Waals surface area contributed by atoms with E-state index in [4.69, 9.17) is 0 Å². The molecule has 2 rings (SSSR count). The summed E-state index contributed by atoms with van der Waals surface area (Å²) in [7, 11) is 1.69. The van der Waals surface area contributed by atoms with Crippen molar-refractivity contribution in [2.45, 2.75) is 13.8 Å². The molecule has 1 N–H and O–H groups in total. The molecule has 98 valence electrons. The van der Waals surface area contributed by atoms with Crippen molar-refractivity contribution in [1.82, 2.24) is 4.98 Å². The molecule has 0 bridgehead atoms. The van der Waals surface area contributed by atoms with Gasteiger partial charge in [-0.3, -0.25) is 10.1 Å². The summed E-state index contributed by atoms with van der Waals surface area (Å²) in [6.07, 6.45) is 0. The fourth-order valence-electron chi connectivity index (χ4n) is 1.99. The highest BCUT2D eigenvalue weighted by molar-refractivity contribution is 5.68. The van der Waals surface area contributed by atoms with Crippen LogP contribution in [0, 0.1) is 24.0 Å². The Labute approximate surface area is 111 Å². The summed E-state index contributed by atoms with van der Waals surface area (Å²) in [5.41, 5.74) is 3.76. The number of aryl methyl sites for hydroxylation is 2. The highest BCUT2D eigenvalue weighted by atomic mass is 16.6. The molecule has 0 radical (unpaired) electrons. The lowest BCUT2D eigenvalue weighted by Gasteiger charge is -2.08. The van der Waals surface area contributed by atoms with Crippen molar-refractivity contribution < 1.29 is 4.92 Å². The zero-order valence-electron chi connectivity index (χ0n) is 11.1. The molecular formula is C14H15N3O2. The van der Waals surface area contributed by atoms with Crippen LogP contribution in [0.3, 0.4) is 0 Å². The summed E-state index contributed by atoms with van der Waals surface area (Å²) < 4.78 is 0. The minimum atomic E-state index is -0.407. The monoisotopic (exact) mass is 257 g/mol. The standard InChI is InChI=1S/C14H15N3O2/c1-9-4-5-12(10(2)6-9)13-7-11(17(18)19)8-14(15-3)16-13/h4-8H,1-3H3,(H,15,16). The van der Waals surface area contributed by atoms with E-state index in [-0.39, 0.29) is 5.69 Å². The van der Waals surface area contributed by atoms with E-state index in [0.717, 1.165) is 16.7 Å². The van der Waals surface area contributed by atoms with Crippen LogP contribution in [0.15, 0.2) is 30.3 Å². The quantitative estimate of drug-likeness (QED) is 0.676. The van der Waals surface area contributed by atoms with Gasteiger partial charge >= 0.3 is 0 Å². The molecule has 0 amide bonds. The van der Waals surface area contributed by atoms with Gasteiger partial charge in [0.25, 0.3) is 5.69 Å². The van der Waals surface area contributed by atoms with Gasteiger partial charge in [-0.2, -0.15) is 0 Å². The molecule has 0 atom stereocenters. The Morgan fingerprint density at radius 1 is 1.21 bits per heavy atom. The number of aromatic nitrogens is 1. The summed E-state index contributed by atoms with van der Waals surface area (Å²) in [6.45, 7) is 3.98. The van der Waals surface area contributed by atoms with E-state index < -0.39 is 4.92 Å². The maximum absolute atomic E-state index is 10.9. The molecule has 0 aliphatic rings. The SMILES string of the molecule is CNc1cc([N+](=O)[O-])cc(-c2ccc(C)cc2C)n1. The molecule has 0 saturated heterocycles. The molecule has 2 aromatic rings. The van der Waals surface area contributed by atoms with E-state index in [2.05, 4.69) is 10.3 Å². The maximum atomic E-state index is 10.9. The number of hydrogen-bond acceptors (Lipinski definition) is 4. The van der Waals surface area contributed by atoms with E-state index in [1.165, 1.54) is 12.1 Å². The Balaban J connectivity index is 2.60. The Hall–Kier alpha value is -2.43. The average Bonchev–Trinajstić information content (AvgIpc) is 2.38. The van der Waals surface area contributed by atoms with E-state index >= 15 is 0 Å². The van der Waals surface area contributed by atoms with Crippen LogP contribution in [0.2, 0.25) is 0 Å². The number of hydrogen-bond donors (Lipinski definition) is 1. The Kier molecular flexibility index (Phi) is 3.46. The van der Waals surface area contributed by atoms with E-state index in [1.54, 1.807) is 7.05 Å². The Bertz CT molecular complexity index is 639. The van der Waals surface area contributed by atoms with Gasteiger partial charge < -0.3 is 5.32 Å². The number of rotatable bonds is 3. The number of anilines is 1. The van der Waals surface area contributed by atoms with E-state index in [0.29, 0.717) is 11.5 Å². The maximum Gasteiger partial charge on any atom is 0.275 e. The van der Waals surface area contributed by atoms with Crippen LogP contribution in [0.4, 0.5) is 11.5 Å². The van der Waals surface area contributed by atoms with Crippen molar-refractivity contribution in [3.63, 3.8) is 0 Å². The fraction of sp³-hybridized carbons (Fsp3) is 0.214. The molecule has 19 heavy (non-hydrogen) atoms. The van der Waals surface area contributed by atoms with E-state index in [9.17, 15) is 10.1 Å². The van der Waals surface area contributed by atoms with Gasteiger partial charge in [0.15, 0.2) is 0 Å². The fourth-order valence-corrected chi connectivity index (χ4v) is 1.99. The van der Waals surface area contributed by atoms with Crippen molar-refractivity contribution in [2.75, 3.05) is 12.4 Å². The summed E-state index contributed by atoms with van der Waals surface area (Å²) in [5, 5.41) is 13.8. The van der Waals surface area contributed by atoms with Crippen molar-refractivity contribution in [2.24, 2.45) is 0 Å². The van der Waals surface area contributed by atoms with Gasteiger partial charge in [-0.25, -0.2) is 4.98 Å². The Morgan fingerprint density at radius 2 is 1.95 bits per heavy atom. The number of nitrogens with zero attached hydrogens (tertiary/aromatic N) is 2. The van der Waals surface area contributed by atoms with Crippen LogP contribution in [0.5, 0.6) is 0 Å². The smallest absolute Gasteiger partial charge is 0.275 e. The third-order valence-electron chi connectivity index (χ3n) is 2.93. The molecule has 5 heteroatoms. The Morgan fingerprint density at radius 3 is 2.53 bits per heavy atom. The minimum absolute atomic E-state index is 0.0364. The number of benzene rings is 1. The third-order valence-corrected chi connectivity index (χ3v) is 2.93. The van der Waals surface area contributed by atoms with Gasteiger partial charge in [0, 0.05) is 18.7 Å². The van der Waals surface area contributed by atoms with Crippen LogP contribution >= 0.6 is 0 Å². The van der Waals surface area contributed by atoms with Crippen molar-refractivity contribution in [3.8, 4) is 11.3 Å². The lowest BCUT2D eigenvalue weighted by Crippen LogP contribution is -1.98. The summed E-state index contributed by atoms with van der Waals surface area (Å²) >= 11 is 0. The molecule has 1 aromatic carbocycles. The second kappa shape index (κ2) is 5.06. The second-order valence-corrected chi connectivity index (χ2v) is 4.42. The van der Waals surface area contributed by atoms with Crippen LogP contribution in [-0.2, 0) is 0 Å².